The van der Waals surface area contributed by atoms with E-state index in [-0.39, 0.29) is 30.8 Å². The monoisotopic (exact) mass is 398 g/mol. The van der Waals surface area contributed by atoms with E-state index in [1.54, 1.807) is 16.2 Å². The van der Waals surface area contributed by atoms with Crippen molar-refractivity contribution in [2.24, 2.45) is 5.92 Å². The van der Waals surface area contributed by atoms with Gasteiger partial charge in [-0.1, -0.05) is 36.6 Å². The van der Waals surface area contributed by atoms with Gasteiger partial charge in [0.2, 0.25) is 11.8 Å². The van der Waals surface area contributed by atoms with Gasteiger partial charge in [-0.3, -0.25) is 9.59 Å². The summed E-state index contributed by atoms with van der Waals surface area (Å²) in [6.07, 6.45) is 3.61. The standard InChI is InChI=1S/C22H26N2O3S/c1-15-6-8-16(9-7-15)24-19(25)13-17(20(24)18-5-4-12-28-18)21(26)23-14-22(27)10-2-3-11-22/h4-9,12,17,20,27H,2-3,10-11,13-14H2,1H3,(H,23,26). The predicted molar refractivity (Wildman–Crippen MR) is 110 cm³/mol. The highest BCUT2D eigenvalue weighted by Crippen LogP contribution is 2.43. The Morgan fingerprint density at radius 3 is 2.61 bits per heavy atom. The average Bonchev–Trinajstić information content (AvgIpc) is 3.41. The van der Waals surface area contributed by atoms with Crippen molar-refractivity contribution in [1.82, 2.24) is 5.32 Å². The maximum Gasteiger partial charge on any atom is 0.228 e. The lowest BCUT2D eigenvalue weighted by atomic mass is 9.96. The maximum atomic E-state index is 13.0. The van der Waals surface area contributed by atoms with Gasteiger partial charge >= 0.3 is 0 Å². The number of hydrogen-bond donors (Lipinski definition) is 2. The molecule has 28 heavy (non-hydrogen) atoms. The van der Waals surface area contributed by atoms with E-state index in [4.69, 9.17) is 0 Å². The van der Waals surface area contributed by atoms with Crippen molar-refractivity contribution in [3.63, 3.8) is 0 Å². The topological polar surface area (TPSA) is 69.6 Å². The summed E-state index contributed by atoms with van der Waals surface area (Å²) in [6, 6.07) is 11.5. The van der Waals surface area contributed by atoms with Crippen LogP contribution < -0.4 is 10.2 Å². The summed E-state index contributed by atoms with van der Waals surface area (Å²) in [5.41, 5.74) is 1.15. The number of amides is 2. The molecule has 2 amide bonds. The fourth-order valence-corrected chi connectivity index (χ4v) is 5.24. The molecule has 2 N–H and O–H groups in total. The van der Waals surface area contributed by atoms with Gasteiger partial charge in [0.1, 0.15) is 0 Å². The van der Waals surface area contributed by atoms with Gasteiger partial charge in [-0.25, -0.2) is 0 Å². The Balaban J connectivity index is 1.58. The van der Waals surface area contributed by atoms with E-state index in [1.165, 1.54) is 0 Å². The highest BCUT2D eigenvalue weighted by Gasteiger charge is 2.46. The van der Waals surface area contributed by atoms with Crippen molar-refractivity contribution in [1.29, 1.82) is 0 Å². The van der Waals surface area contributed by atoms with Gasteiger partial charge in [-0.05, 0) is 43.3 Å². The van der Waals surface area contributed by atoms with Gasteiger partial charge in [0.25, 0.3) is 0 Å². The lowest BCUT2D eigenvalue weighted by molar-refractivity contribution is -0.127. The van der Waals surface area contributed by atoms with Crippen LogP contribution in [0.2, 0.25) is 0 Å². The number of hydrogen-bond acceptors (Lipinski definition) is 4. The molecule has 1 saturated heterocycles. The summed E-state index contributed by atoms with van der Waals surface area (Å²) in [5.74, 6) is -0.652. The third-order valence-electron chi connectivity index (χ3n) is 5.93. The Kier molecular flexibility index (Phi) is 5.25. The smallest absolute Gasteiger partial charge is 0.228 e. The number of rotatable bonds is 5. The summed E-state index contributed by atoms with van der Waals surface area (Å²) < 4.78 is 0. The minimum absolute atomic E-state index is 0.0398. The van der Waals surface area contributed by atoms with Crippen molar-refractivity contribution in [3.05, 3.63) is 52.2 Å². The Morgan fingerprint density at radius 1 is 1.25 bits per heavy atom. The molecule has 0 radical (unpaired) electrons. The first-order valence-corrected chi connectivity index (χ1v) is 10.8. The lowest BCUT2D eigenvalue weighted by Gasteiger charge is -2.28. The minimum atomic E-state index is -0.798. The van der Waals surface area contributed by atoms with Crippen LogP contribution in [-0.2, 0) is 9.59 Å². The van der Waals surface area contributed by atoms with Gasteiger partial charge < -0.3 is 15.3 Å². The first kappa shape index (κ1) is 19.2. The summed E-state index contributed by atoms with van der Waals surface area (Å²) in [4.78, 5) is 28.7. The molecule has 2 aromatic rings. The second-order valence-corrected chi connectivity index (χ2v) is 9.00. The number of aliphatic hydroxyl groups is 1. The molecule has 0 bridgehead atoms. The Bertz CT molecular complexity index is 841. The predicted octanol–water partition coefficient (Wildman–Crippen LogP) is 3.57. The van der Waals surface area contributed by atoms with Crippen LogP contribution in [0.25, 0.3) is 0 Å². The van der Waals surface area contributed by atoms with Crippen LogP contribution in [0.5, 0.6) is 0 Å². The lowest BCUT2D eigenvalue weighted by Crippen LogP contribution is -2.44. The molecule has 1 aromatic heterocycles. The molecule has 1 aliphatic carbocycles. The normalized spacial score (nSPS) is 23.9. The summed E-state index contributed by atoms with van der Waals surface area (Å²) in [6.45, 7) is 2.27. The summed E-state index contributed by atoms with van der Waals surface area (Å²) in [5, 5.41) is 15.5. The molecule has 5 nitrogen and oxygen atoms in total. The van der Waals surface area contributed by atoms with Gasteiger partial charge in [-0.15, -0.1) is 11.3 Å². The SMILES string of the molecule is Cc1ccc(N2C(=O)CC(C(=O)NCC3(O)CCCC3)C2c2cccs2)cc1. The van der Waals surface area contributed by atoms with Crippen molar-refractivity contribution >= 4 is 28.8 Å². The van der Waals surface area contributed by atoms with Crippen molar-refractivity contribution < 1.29 is 14.7 Å². The quantitative estimate of drug-likeness (QED) is 0.809. The van der Waals surface area contributed by atoms with Crippen LogP contribution >= 0.6 is 11.3 Å². The second-order valence-electron chi connectivity index (χ2n) is 8.02. The van der Waals surface area contributed by atoms with E-state index < -0.39 is 11.5 Å². The largest absolute Gasteiger partial charge is 0.388 e. The fourth-order valence-electron chi connectivity index (χ4n) is 4.36. The first-order chi connectivity index (χ1) is 13.5. The fraction of sp³-hybridized carbons (Fsp3) is 0.455. The molecule has 2 atom stereocenters. The third kappa shape index (κ3) is 3.71. The molecule has 4 rings (SSSR count). The van der Waals surface area contributed by atoms with Crippen LogP contribution in [0.1, 0.15) is 48.6 Å². The number of carbonyl (C=O) groups is 2. The van der Waals surface area contributed by atoms with Gasteiger partial charge in [0.05, 0.1) is 17.6 Å². The van der Waals surface area contributed by atoms with E-state index in [2.05, 4.69) is 5.32 Å². The van der Waals surface area contributed by atoms with Crippen molar-refractivity contribution in [2.45, 2.75) is 50.7 Å². The molecular weight excluding hydrogens is 372 g/mol. The number of anilines is 1. The summed E-state index contributed by atoms with van der Waals surface area (Å²) >= 11 is 1.56. The van der Waals surface area contributed by atoms with Crippen LogP contribution in [0.15, 0.2) is 41.8 Å². The van der Waals surface area contributed by atoms with E-state index in [1.807, 2.05) is 48.7 Å². The molecule has 2 fully saturated rings. The molecular formula is C22H26N2O3S. The van der Waals surface area contributed by atoms with E-state index in [0.29, 0.717) is 0 Å². The number of benzene rings is 1. The Labute approximate surface area is 169 Å². The number of nitrogens with zero attached hydrogens (tertiary/aromatic N) is 1. The van der Waals surface area contributed by atoms with Crippen molar-refractivity contribution in [2.75, 3.05) is 11.4 Å². The van der Waals surface area contributed by atoms with Crippen molar-refractivity contribution in [3.8, 4) is 0 Å². The number of thiophene rings is 1. The van der Waals surface area contributed by atoms with Crippen LogP contribution in [0.3, 0.4) is 0 Å². The van der Waals surface area contributed by atoms with E-state index in [0.717, 1.165) is 41.8 Å². The van der Waals surface area contributed by atoms with Crippen LogP contribution in [0.4, 0.5) is 5.69 Å². The first-order valence-electron chi connectivity index (χ1n) is 9.89. The van der Waals surface area contributed by atoms with E-state index in [9.17, 15) is 14.7 Å². The molecule has 0 spiro atoms. The molecule has 148 valence electrons. The summed E-state index contributed by atoms with van der Waals surface area (Å²) in [7, 11) is 0. The minimum Gasteiger partial charge on any atom is -0.388 e. The highest BCUT2D eigenvalue weighted by atomic mass is 32.1. The Hall–Kier alpha value is -2.18. The second kappa shape index (κ2) is 7.68. The Morgan fingerprint density at radius 2 is 1.96 bits per heavy atom. The molecule has 2 unspecified atom stereocenters. The number of carbonyl (C=O) groups excluding carboxylic acids is 2. The molecule has 6 heteroatoms. The zero-order valence-corrected chi connectivity index (χ0v) is 16.9. The number of nitrogens with one attached hydrogen (secondary N) is 1. The zero-order chi connectivity index (χ0) is 19.7. The highest BCUT2D eigenvalue weighted by molar-refractivity contribution is 7.10. The van der Waals surface area contributed by atoms with Crippen LogP contribution in [-0.4, -0.2) is 29.1 Å². The molecule has 2 aliphatic rings. The molecule has 1 saturated carbocycles. The van der Waals surface area contributed by atoms with Gasteiger partial charge in [-0.2, -0.15) is 0 Å². The van der Waals surface area contributed by atoms with Crippen LogP contribution in [0, 0.1) is 12.8 Å². The maximum absolute atomic E-state index is 13.0. The molecule has 2 heterocycles. The van der Waals surface area contributed by atoms with E-state index >= 15 is 0 Å². The van der Waals surface area contributed by atoms with Gasteiger partial charge in [0, 0.05) is 23.5 Å². The number of aryl methyl sites for hydroxylation is 1. The molecule has 1 aromatic carbocycles. The zero-order valence-electron chi connectivity index (χ0n) is 16.1. The average molecular weight is 399 g/mol. The third-order valence-corrected chi connectivity index (χ3v) is 6.88. The molecule has 1 aliphatic heterocycles. The van der Waals surface area contributed by atoms with Gasteiger partial charge in [0.15, 0.2) is 0 Å².